The molecule has 0 saturated carbocycles. The number of hydrogen-bond donors (Lipinski definition) is 0. The molecule has 0 fully saturated rings. The van der Waals surface area contributed by atoms with Gasteiger partial charge in [-0.15, -0.1) is 0 Å². The van der Waals surface area contributed by atoms with Gasteiger partial charge in [0.05, 0.1) is 29.7 Å². The number of hydrogen-bond acceptors (Lipinski definition) is 4. The highest BCUT2D eigenvalue weighted by atomic mass is 32.2. The van der Waals surface area contributed by atoms with Gasteiger partial charge >= 0.3 is 0 Å². The zero-order chi connectivity index (χ0) is 12.2. The summed E-state index contributed by atoms with van der Waals surface area (Å²) in [5, 5.41) is 0. The van der Waals surface area contributed by atoms with Crippen molar-refractivity contribution in [1.82, 2.24) is 18.3 Å². The van der Waals surface area contributed by atoms with Crippen molar-refractivity contribution in [2.24, 2.45) is 0 Å². The van der Waals surface area contributed by atoms with Gasteiger partial charge in [-0.3, -0.25) is 4.40 Å². The van der Waals surface area contributed by atoms with Gasteiger partial charge in [0.2, 0.25) is 10.0 Å². The van der Waals surface area contributed by atoms with Crippen LogP contribution in [-0.4, -0.2) is 33.0 Å². The molecular formula is C10H10N4O2S. The SMILES string of the molecule is Cc1ncc2cnc3c(ccn3S(C)(=O)=O)n12. The molecule has 3 aromatic rings. The fourth-order valence-corrected chi connectivity index (χ4v) is 2.69. The van der Waals surface area contributed by atoms with Gasteiger partial charge in [0.15, 0.2) is 5.65 Å². The summed E-state index contributed by atoms with van der Waals surface area (Å²) in [5.74, 6) is 0.804. The average Bonchev–Trinajstić information content (AvgIpc) is 2.80. The zero-order valence-electron chi connectivity index (χ0n) is 9.32. The molecule has 6 nitrogen and oxygen atoms in total. The third kappa shape index (κ3) is 1.35. The largest absolute Gasteiger partial charge is 0.292 e. The maximum atomic E-state index is 11.6. The van der Waals surface area contributed by atoms with Crippen LogP contribution < -0.4 is 0 Å². The number of aryl methyl sites for hydroxylation is 1. The molecular weight excluding hydrogens is 240 g/mol. The number of aromatic nitrogens is 4. The van der Waals surface area contributed by atoms with E-state index in [9.17, 15) is 8.42 Å². The highest BCUT2D eigenvalue weighted by Crippen LogP contribution is 2.18. The lowest BCUT2D eigenvalue weighted by molar-refractivity contribution is 0.595. The van der Waals surface area contributed by atoms with Crippen LogP contribution in [0.4, 0.5) is 0 Å². The van der Waals surface area contributed by atoms with E-state index in [0.29, 0.717) is 5.65 Å². The second-order valence-electron chi connectivity index (χ2n) is 3.91. The highest BCUT2D eigenvalue weighted by Gasteiger charge is 2.13. The van der Waals surface area contributed by atoms with Gasteiger partial charge in [0.25, 0.3) is 0 Å². The maximum Gasteiger partial charge on any atom is 0.237 e. The van der Waals surface area contributed by atoms with E-state index in [0.717, 1.165) is 23.1 Å². The lowest BCUT2D eigenvalue weighted by Crippen LogP contribution is -2.09. The van der Waals surface area contributed by atoms with Gasteiger partial charge in [-0.25, -0.2) is 22.4 Å². The van der Waals surface area contributed by atoms with E-state index in [1.54, 1.807) is 18.5 Å². The quantitative estimate of drug-likeness (QED) is 0.640. The minimum absolute atomic E-state index is 0.418. The van der Waals surface area contributed by atoms with Crippen molar-refractivity contribution < 1.29 is 8.42 Å². The Morgan fingerprint density at radius 3 is 2.65 bits per heavy atom. The van der Waals surface area contributed by atoms with Crippen molar-refractivity contribution in [3.8, 4) is 0 Å². The molecule has 17 heavy (non-hydrogen) atoms. The molecule has 0 saturated heterocycles. The fourth-order valence-electron chi connectivity index (χ4n) is 1.96. The first-order chi connectivity index (χ1) is 7.98. The molecule has 0 spiro atoms. The second-order valence-corrected chi connectivity index (χ2v) is 5.77. The van der Waals surface area contributed by atoms with E-state index in [4.69, 9.17) is 0 Å². The van der Waals surface area contributed by atoms with Crippen LogP contribution >= 0.6 is 0 Å². The van der Waals surface area contributed by atoms with E-state index in [2.05, 4.69) is 9.97 Å². The number of imidazole rings is 1. The van der Waals surface area contributed by atoms with Crippen LogP contribution in [0.25, 0.3) is 16.7 Å². The maximum absolute atomic E-state index is 11.6. The molecule has 0 aromatic carbocycles. The van der Waals surface area contributed by atoms with E-state index in [-0.39, 0.29) is 0 Å². The van der Waals surface area contributed by atoms with E-state index in [1.807, 2.05) is 11.3 Å². The summed E-state index contributed by atoms with van der Waals surface area (Å²) in [5.41, 5.74) is 2.00. The molecule has 0 unspecified atom stereocenters. The molecule has 0 N–H and O–H groups in total. The molecule has 0 aliphatic heterocycles. The van der Waals surface area contributed by atoms with Crippen LogP contribution in [0.5, 0.6) is 0 Å². The summed E-state index contributed by atoms with van der Waals surface area (Å²) in [6.07, 6.45) is 5.98. The number of fused-ring (bicyclic) bond motifs is 3. The third-order valence-electron chi connectivity index (χ3n) is 2.69. The Morgan fingerprint density at radius 1 is 1.24 bits per heavy atom. The van der Waals surface area contributed by atoms with Crippen molar-refractivity contribution in [1.29, 1.82) is 0 Å². The topological polar surface area (TPSA) is 69.3 Å². The summed E-state index contributed by atoms with van der Waals surface area (Å²) in [6, 6.07) is 1.73. The molecule has 0 amide bonds. The van der Waals surface area contributed by atoms with Crippen molar-refractivity contribution in [3.05, 3.63) is 30.5 Å². The predicted octanol–water partition coefficient (Wildman–Crippen LogP) is 0.800. The van der Waals surface area contributed by atoms with Crippen molar-refractivity contribution in [3.63, 3.8) is 0 Å². The van der Waals surface area contributed by atoms with Gasteiger partial charge < -0.3 is 0 Å². The zero-order valence-corrected chi connectivity index (χ0v) is 10.1. The summed E-state index contributed by atoms with van der Waals surface area (Å²) in [7, 11) is -3.33. The molecule has 0 bridgehead atoms. The monoisotopic (exact) mass is 250 g/mol. The van der Waals surface area contributed by atoms with E-state index >= 15 is 0 Å². The molecule has 0 aliphatic rings. The number of rotatable bonds is 1. The van der Waals surface area contributed by atoms with Crippen LogP contribution in [0.2, 0.25) is 0 Å². The van der Waals surface area contributed by atoms with Crippen LogP contribution in [0.3, 0.4) is 0 Å². The summed E-state index contributed by atoms with van der Waals surface area (Å²) in [4.78, 5) is 8.35. The highest BCUT2D eigenvalue weighted by molar-refractivity contribution is 7.89. The van der Waals surface area contributed by atoms with Gasteiger partial charge in [0.1, 0.15) is 5.82 Å². The molecule has 0 radical (unpaired) electrons. The molecule has 0 atom stereocenters. The standard InChI is InChI=1S/C10H10N4O2S/c1-7-11-5-8-6-12-10-9(14(7)8)3-4-13(10)17(2,15)16/h3-6H,1-2H3. The lowest BCUT2D eigenvalue weighted by Gasteiger charge is -2.02. The van der Waals surface area contributed by atoms with Crippen LogP contribution in [0.15, 0.2) is 24.7 Å². The first-order valence-electron chi connectivity index (χ1n) is 4.99. The molecule has 88 valence electrons. The second kappa shape index (κ2) is 3.07. The molecule has 3 rings (SSSR count). The summed E-state index contributed by atoms with van der Waals surface area (Å²) < 4.78 is 26.2. The fraction of sp³-hybridized carbons (Fsp3) is 0.200. The average molecular weight is 250 g/mol. The first-order valence-corrected chi connectivity index (χ1v) is 6.84. The van der Waals surface area contributed by atoms with E-state index < -0.39 is 10.0 Å². The van der Waals surface area contributed by atoms with Gasteiger partial charge in [-0.2, -0.15) is 0 Å². The minimum Gasteiger partial charge on any atom is -0.292 e. The Morgan fingerprint density at radius 2 is 1.94 bits per heavy atom. The first kappa shape index (κ1) is 10.3. The molecule has 0 aliphatic carbocycles. The molecule has 7 heteroatoms. The third-order valence-corrected chi connectivity index (χ3v) is 3.70. The normalized spacial score (nSPS) is 12.6. The van der Waals surface area contributed by atoms with Gasteiger partial charge in [-0.1, -0.05) is 0 Å². The Hall–Kier alpha value is -1.89. The molecule has 3 aromatic heterocycles. The van der Waals surface area contributed by atoms with Crippen molar-refractivity contribution in [2.45, 2.75) is 6.92 Å². The minimum atomic E-state index is -3.33. The summed E-state index contributed by atoms with van der Waals surface area (Å²) >= 11 is 0. The van der Waals surface area contributed by atoms with Crippen LogP contribution in [0, 0.1) is 6.92 Å². The Kier molecular flexibility index (Phi) is 1.86. The number of nitrogens with zero attached hydrogens (tertiary/aromatic N) is 4. The smallest absolute Gasteiger partial charge is 0.237 e. The molecule has 3 heterocycles. The Bertz CT molecular complexity index is 829. The van der Waals surface area contributed by atoms with Gasteiger partial charge in [0, 0.05) is 6.20 Å². The van der Waals surface area contributed by atoms with Crippen LogP contribution in [-0.2, 0) is 10.0 Å². The van der Waals surface area contributed by atoms with Gasteiger partial charge in [-0.05, 0) is 13.0 Å². The predicted molar refractivity (Wildman–Crippen MR) is 63.5 cm³/mol. The van der Waals surface area contributed by atoms with Crippen molar-refractivity contribution >= 4 is 26.7 Å². The Balaban J connectivity index is 2.55. The van der Waals surface area contributed by atoms with Crippen molar-refractivity contribution in [2.75, 3.05) is 6.26 Å². The van der Waals surface area contributed by atoms with E-state index in [1.165, 1.54) is 10.2 Å². The Labute approximate surface area is 97.6 Å². The summed E-state index contributed by atoms with van der Waals surface area (Å²) in [6.45, 7) is 1.87. The van der Waals surface area contributed by atoms with Crippen LogP contribution in [0.1, 0.15) is 5.82 Å². The lowest BCUT2D eigenvalue weighted by atomic mass is 10.4.